The molecule has 2 heteroatoms. The average molecular weight is 288 g/mol. The molecular formula is C19H28O2. The lowest BCUT2D eigenvalue weighted by atomic mass is 10.0. The van der Waals surface area contributed by atoms with Gasteiger partial charge < -0.3 is 4.74 Å². The minimum Gasteiger partial charge on any atom is -0.458 e. The van der Waals surface area contributed by atoms with Gasteiger partial charge in [0.15, 0.2) is 0 Å². The molecule has 0 aliphatic carbocycles. The van der Waals surface area contributed by atoms with E-state index in [9.17, 15) is 4.79 Å². The van der Waals surface area contributed by atoms with E-state index >= 15 is 0 Å². The highest BCUT2D eigenvalue weighted by atomic mass is 16.5. The molecular weight excluding hydrogens is 260 g/mol. The van der Waals surface area contributed by atoms with Crippen LogP contribution in [0.1, 0.15) is 63.0 Å². The fourth-order valence-electron chi connectivity index (χ4n) is 2.30. The number of unbranched alkanes of at least 4 members (excludes halogenated alkanes) is 6. The number of benzene rings is 1. The lowest BCUT2D eigenvalue weighted by molar-refractivity contribution is -0.138. The smallest absolute Gasteiger partial charge is 0.330 e. The molecule has 2 nitrogen and oxygen atoms in total. The van der Waals surface area contributed by atoms with Crippen LogP contribution < -0.4 is 0 Å². The van der Waals surface area contributed by atoms with Crippen LogP contribution in [0.25, 0.3) is 0 Å². The maximum Gasteiger partial charge on any atom is 0.330 e. The zero-order valence-electron chi connectivity index (χ0n) is 13.3. The number of hydrogen-bond acceptors (Lipinski definition) is 2. The third-order valence-electron chi connectivity index (χ3n) is 3.64. The summed E-state index contributed by atoms with van der Waals surface area (Å²) in [7, 11) is 0. The molecule has 0 aromatic heterocycles. The molecule has 0 unspecified atom stereocenters. The predicted molar refractivity (Wildman–Crippen MR) is 88.1 cm³/mol. The van der Waals surface area contributed by atoms with Crippen LogP contribution in [0.5, 0.6) is 0 Å². The molecule has 0 aliphatic heterocycles. The number of esters is 1. The summed E-state index contributed by atoms with van der Waals surface area (Å²) in [4.78, 5) is 11.0. The second-order valence-electron chi connectivity index (χ2n) is 5.50. The minimum absolute atomic E-state index is 0.322. The molecule has 0 heterocycles. The zero-order valence-corrected chi connectivity index (χ0v) is 13.3. The molecule has 0 fully saturated rings. The Kier molecular flexibility index (Phi) is 9.26. The molecule has 21 heavy (non-hydrogen) atoms. The standard InChI is InChI=1S/C19H28O2/c1-3-5-6-7-8-9-10-11-17-12-14-18(15-13-17)16-21-19(20)4-2/h4,12-15H,2-3,5-11,16H2,1H3. The molecule has 0 amide bonds. The maximum absolute atomic E-state index is 11.0. The van der Waals surface area contributed by atoms with Crippen molar-refractivity contribution in [1.82, 2.24) is 0 Å². The summed E-state index contributed by atoms with van der Waals surface area (Å²) in [5.74, 6) is -0.373. The van der Waals surface area contributed by atoms with Crippen LogP contribution in [0.15, 0.2) is 36.9 Å². The summed E-state index contributed by atoms with van der Waals surface area (Å²) in [6, 6.07) is 8.34. The van der Waals surface area contributed by atoms with Crippen molar-refractivity contribution < 1.29 is 9.53 Å². The number of carbonyl (C=O) groups excluding carboxylic acids is 1. The molecule has 0 N–H and O–H groups in total. The fraction of sp³-hybridized carbons (Fsp3) is 0.526. The van der Waals surface area contributed by atoms with Crippen LogP contribution in [-0.4, -0.2) is 5.97 Å². The van der Waals surface area contributed by atoms with Crippen molar-refractivity contribution in [2.45, 2.75) is 64.9 Å². The number of carbonyl (C=O) groups is 1. The third kappa shape index (κ3) is 8.34. The zero-order chi connectivity index (χ0) is 15.3. The Labute approximate surface area is 129 Å². The summed E-state index contributed by atoms with van der Waals surface area (Å²) < 4.78 is 5.01. The molecule has 116 valence electrons. The van der Waals surface area contributed by atoms with E-state index in [-0.39, 0.29) is 5.97 Å². The highest BCUT2D eigenvalue weighted by Gasteiger charge is 1.99. The van der Waals surface area contributed by atoms with Gasteiger partial charge in [0, 0.05) is 6.08 Å². The summed E-state index contributed by atoms with van der Waals surface area (Å²) >= 11 is 0. The Morgan fingerprint density at radius 3 is 2.19 bits per heavy atom. The van der Waals surface area contributed by atoms with E-state index in [0.717, 1.165) is 12.0 Å². The Balaban J connectivity index is 2.16. The largest absolute Gasteiger partial charge is 0.458 e. The van der Waals surface area contributed by atoms with Crippen LogP contribution >= 0.6 is 0 Å². The highest BCUT2D eigenvalue weighted by molar-refractivity contribution is 5.81. The van der Waals surface area contributed by atoms with E-state index in [0.29, 0.717) is 6.61 Å². The number of aryl methyl sites for hydroxylation is 1. The SMILES string of the molecule is C=CC(=O)OCc1ccc(CCCCCCCCC)cc1. The average Bonchev–Trinajstić information content (AvgIpc) is 2.52. The van der Waals surface area contributed by atoms with Gasteiger partial charge in [-0.15, -0.1) is 0 Å². The first-order valence-corrected chi connectivity index (χ1v) is 8.13. The van der Waals surface area contributed by atoms with Gasteiger partial charge in [-0.2, -0.15) is 0 Å². The number of hydrogen-bond donors (Lipinski definition) is 0. The van der Waals surface area contributed by atoms with E-state index in [1.807, 2.05) is 12.1 Å². The Bertz CT molecular complexity index is 406. The molecule has 1 aromatic rings. The maximum atomic E-state index is 11.0. The van der Waals surface area contributed by atoms with Gasteiger partial charge in [0.05, 0.1) is 0 Å². The van der Waals surface area contributed by atoms with E-state index in [2.05, 4.69) is 25.6 Å². The molecule has 0 saturated heterocycles. The molecule has 0 spiro atoms. The summed E-state index contributed by atoms with van der Waals surface area (Å²) in [5.41, 5.74) is 2.39. The monoisotopic (exact) mass is 288 g/mol. The van der Waals surface area contributed by atoms with E-state index < -0.39 is 0 Å². The van der Waals surface area contributed by atoms with Crippen molar-refractivity contribution in [3.63, 3.8) is 0 Å². The first-order chi connectivity index (χ1) is 10.3. The first kappa shape index (κ1) is 17.5. The topological polar surface area (TPSA) is 26.3 Å². The lowest BCUT2D eigenvalue weighted by Crippen LogP contribution is -2.00. The first-order valence-electron chi connectivity index (χ1n) is 8.13. The summed E-state index contributed by atoms with van der Waals surface area (Å²) in [6.45, 7) is 5.95. The Morgan fingerprint density at radius 1 is 1.00 bits per heavy atom. The van der Waals surface area contributed by atoms with Gasteiger partial charge in [-0.1, -0.05) is 76.3 Å². The molecule has 1 aromatic carbocycles. The van der Waals surface area contributed by atoms with Crippen molar-refractivity contribution in [3.8, 4) is 0 Å². The predicted octanol–water partition coefficient (Wildman–Crippen LogP) is 5.21. The number of rotatable bonds is 11. The molecule has 0 saturated carbocycles. The normalized spacial score (nSPS) is 10.3. The fourth-order valence-corrected chi connectivity index (χ4v) is 2.30. The van der Waals surface area contributed by atoms with Gasteiger partial charge >= 0.3 is 5.97 Å². The molecule has 1 rings (SSSR count). The highest BCUT2D eigenvalue weighted by Crippen LogP contribution is 2.12. The van der Waals surface area contributed by atoms with Gasteiger partial charge in [-0.25, -0.2) is 4.79 Å². The van der Waals surface area contributed by atoms with Gasteiger partial charge in [-0.3, -0.25) is 0 Å². The van der Waals surface area contributed by atoms with Gasteiger partial charge in [0.2, 0.25) is 0 Å². The van der Waals surface area contributed by atoms with Crippen LogP contribution in [-0.2, 0) is 22.6 Å². The van der Waals surface area contributed by atoms with Crippen molar-refractivity contribution in [1.29, 1.82) is 0 Å². The van der Waals surface area contributed by atoms with Crippen LogP contribution in [0.4, 0.5) is 0 Å². The van der Waals surface area contributed by atoms with Crippen molar-refractivity contribution in [3.05, 3.63) is 48.0 Å². The minimum atomic E-state index is -0.373. The van der Waals surface area contributed by atoms with Crippen molar-refractivity contribution >= 4 is 5.97 Å². The Morgan fingerprint density at radius 2 is 1.57 bits per heavy atom. The van der Waals surface area contributed by atoms with Gasteiger partial charge in [-0.05, 0) is 24.0 Å². The summed E-state index contributed by atoms with van der Waals surface area (Å²) in [5, 5.41) is 0. The quantitative estimate of drug-likeness (QED) is 0.317. The third-order valence-corrected chi connectivity index (χ3v) is 3.64. The molecule has 0 radical (unpaired) electrons. The second-order valence-corrected chi connectivity index (χ2v) is 5.50. The molecule has 0 aliphatic rings. The van der Waals surface area contributed by atoms with Crippen LogP contribution in [0.2, 0.25) is 0 Å². The second kappa shape index (κ2) is 11.1. The van der Waals surface area contributed by atoms with Gasteiger partial charge in [0.1, 0.15) is 6.61 Å². The van der Waals surface area contributed by atoms with Gasteiger partial charge in [0.25, 0.3) is 0 Å². The van der Waals surface area contributed by atoms with Crippen molar-refractivity contribution in [2.75, 3.05) is 0 Å². The van der Waals surface area contributed by atoms with E-state index in [4.69, 9.17) is 4.74 Å². The van der Waals surface area contributed by atoms with Crippen LogP contribution in [0.3, 0.4) is 0 Å². The van der Waals surface area contributed by atoms with E-state index in [1.54, 1.807) is 0 Å². The Hall–Kier alpha value is -1.57. The lowest BCUT2D eigenvalue weighted by Gasteiger charge is -2.05. The molecule has 0 bridgehead atoms. The molecule has 0 atom stereocenters. The number of ether oxygens (including phenoxy) is 1. The summed E-state index contributed by atoms with van der Waals surface area (Å²) in [6.07, 6.45) is 11.7. The van der Waals surface area contributed by atoms with Crippen LogP contribution in [0, 0.1) is 0 Å². The van der Waals surface area contributed by atoms with E-state index in [1.165, 1.54) is 56.6 Å². The van der Waals surface area contributed by atoms with Crippen molar-refractivity contribution in [2.24, 2.45) is 0 Å².